The largest absolute Gasteiger partial charge is 0.300 e. The van der Waals surface area contributed by atoms with Gasteiger partial charge in [-0.3, -0.25) is 5.32 Å². The zero-order chi connectivity index (χ0) is 13.6. The number of halogens is 1. The molecule has 0 aliphatic heterocycles. The summed E-state index contributed by atoms with van der Waals surface area (Å²) in [6.07, 6.45) is 0.749. The fourth-order valence-electron chi connectivity index (χ4n) is 1.91. The Kier molecular flexibility index (Phi) is 5.64. The lowest BCUT2D eigenvalue weighted by atomic mass is 9.98. The molecule has 2 unspecified atom stereocenters. The molecule has 98 valence electrons. The minimum atomic E-state index is -0.499. The topological polar surface area (TPSA) is 35.8 Å². The molecule has 0 aromatic heterocycles. The highest BCUT2D eigenvalue weighted by atomic mass is 32.2. The quantitative estimate of drug-likeness (QED) is 0.799. The molecule has 2 nitrogen and oxygen atoms in total. The Balaban J connectivity index is 2.58. The van der Waals surface area contributed by atoms with E-state index in [1.54, 1.807) is 23.9 Å². The first kappa shape index (κ1) is 15.0. The van der Waals surface area contributed by atoms with Gasteiger partial charge in [0.2, 0.25) is 0 Å². The van der Waals surface area contributed by atoms with Crippen molar-refractivity contribution in [2.24, 2.45) is 0 Å². The number of thioether (sulfide) groups is 1. The molecular formula is C14H19FN2S. The van der Waals surface area contributed by atoms with Crippen LogP contribution < -0.4 is 5.32 Å². The number of nitriles is 1. The highest BCUT2D eigenvalue weighted by Gasteiger charge is 2.25. The van der Waals surface area contributed by atoms with Crippen molar-refractivity contribution in [2.75, 3.05) is 6.54 Å². The zero-order valence-corrected chi connectivity index (χ0v) is 11.9. The normalized spacial score (nSPS) is 15.7. The van der Waals surface area contributed by atoms with E-state index < -0.39 is 5.54 Å². The first-order valence-corrected chi connectivity index (χ1v) is 6.95. The number of hydrogen-bond donors (Lipinski definition) is 1. The molecule has 1 aromatic rings. The van der Waals surface area contributed by atoms with Crippen LogP contribution in [0.5, 0.6) is 0 Å². The number of hydrogen-bond acceptors (Lipinski definition) is 3. The van der Waals surface area contributed by atoms with Gasteiger partial charge in [0.05, 0.1) is 6.07 Å². The van der Waals surface area contributed by atoms with Gasteiger partial charge in [-0.15, -0.1) is 11.8 Å². The minimum Gasteiger partial charge on any atom is -0.300 e. The Morgan fingerprint density at radius 1 is 1.44 bits per heavy atom. The molecule has 2 atom stereocenters. The van der Waals surface area contributed by atoms with E-state index in [1.807, 2.05) is 13.8 Å². The second-order valence-electron chi connectivity index (χ2n) is 4.56. The number of rotatable bonds is 6. The molecule has 1 N–H and O–H groups in total. The molecule has 0 fully saturated rings. The van der Waals surface area contributed by atoms with Crippen LogP contribution in [0.15, 0.2) is 29.2 Å². The van der Waals surface area contributed by atoms with Crippen molar-refractivity contribution in [1.29, 1.82) is 5.26 Å². The van der Waals surface area contributed by atoms with Crippen molar-refractivity contribution < 1.29 is 4.39 Å². The molecule has 0 bridgehead atoms. The smallest absolute Gasteiger partial charge is 0.123 e. The molecular weight excluding hydrogens is 247 g/mol. The molecule has 0 spiro atoms. The summed E-state index contributed by atoms with van der Waals surface area (Å²) in [6, 6.07) is 8.79. The fourth-order valence-corrected chi connectivity index (χ4v) is 3.08. The van der Waals surface area contributed by atoms with Crippen LogP contribution in [0.1, 0.15) is 27.2 Å². The van der Waals surface area contributed by atoms with Crippen molar-refractivity contribution in [3.63, 3.8) is 0 Å². The van der Waals surface area contributed by atoms with Crippen LogP contribution in [0, 0.1) is 17.1 Å². The molecule has 0 radical (unpaired) electrons. The van der Waals surface area contributed by atoms with Crippen molar-refractivity contribution in [3.8, 4) is 6.07 Å². The Bertz CT molecular complexity index is 413. The van der Waals surface area contributed by atoms with Gasteiger partial charge in [0, 0.05) is 10.1 Å². The fraction of sp³-hybridized carbons (Fsp3) is 0.500. The molecule has 18 heavy (non-hydrogen) atoms. The van der Waals surface area contributed by atoms with Gasteiger partial charge in [-0.05, 0) is 44.2 Å². The molecule has 0 saturated carbocycles. The van der Waals surface area contributed by atoms with Gasteiger partial charge in [0.1, 0.15) is 11.4 Å². The first-order chi connectivity index (χ1) is 8.49. The summed E-state index contributed by atoms with van der Waals surface area (Å²) < 4.78 is 12.8. The molecule has 0 aliphatic rings. The third kappa shape index (κ3) is 4.67. The average Bonchev–Trinajstić information content (AvgIpc) is 2.32. The van der Waals surface area contributed by atoms with E-state index in [0.717, 1.165) is 17.9 Å². The maximum atomic E-state index is 12.8. The van der Waals surface area contributed by atoms with Gasteiger partial charge >= 0.3 is 0 Å². The third-order valence-electron chi connectivity index (χ3n) is 2.66. The van der Waals surface area contributed by atoms with Crippen molar-refractivity contribution in [1.82, 2.24) is 5.32 Å². The van der Waals surface area contributed by atoms with E-state index in [1.165, 1.54) is 12.1 Å². The van der Waals surface area contributed by atoms with Crippen molar-refractivity contribution in [3.05, 3.63) is 30.1 Å². The lowest BCUT2D eigenvalue weighted by Gasteiger charge is -2.25. The second kappa shape index (κ2) is 6.77. The maximum Gasteiger partial charge on any atom is 0.123 e. The summed E-state index contributed by atoms with van der Waals surface area (Å²) in [4.78, 5) is 1.03. The van der Waals surface area contributed by atoms with Crippen LogP contribution >= 0.6 is 11.8 Å². The summed E-state index contributed by atoms with van der Waals surface area (Å²) in [6.45, 7) is 6.77. The van der Waals surface area contributed by atoms with Crippen LogP contribution in [-0.4, -0.2) is 17.3 Å². The molecule has 0 saturated heterocycles. The Morgan fingerprint density at radius 3 is 2.56 bits per heavy atom. The highest BCUT2D eigenvalue weighted by Crippen LogP contribution is 2.28. The molecule has 1 aromatic carbocycles. The van der Waals surface area contributed by atoms with Crippen LogP contribution in [-0.2, 0) is 0 Å². The predicted molar refractivity (Wildman–Crippen MR) is 74.0 cm³/mol. The summed E-state index contributed by atoms with van der Waals surface area (Å²) >= 11 is 1.66. The van der Waals surface area contributed by atoms with Crippen LogP contribution in [0.4, 0.5) is 4.39 Å². The van der Waals surface area contributed by atoms with E-state index in [2.05, 4.69) is 18.3 Å². The molecule has 0 heterocycles. The number of nitrogens with zero attached hydrogens (tertiary/aromatic N) is 1. The Labute approximate surface area is 113 Å². The lowest BCUT2D eigenvalue weighted by Crippen LogP contribution is -2.42. The summed E-state index contributed by atoms with van der Waals surface area (Å²) in [7, 11) is 0. The molecule has 0 amide bonds. The van der Waals surface area contributed by atoms with E-state index >= 15 is 0 Å². The summed E-state index contributed by atoms with van der Waals surface area (Å²) in [5, 5.41) is 12.7. The van der Waals surface area contributed by atoms with Gasteiger partial charge in [0.15, 0.2) is 0 Å². The van der Waals surface area contributed by atoms with Crippen molar-refractivity contribution >= 4 is 11.8 Å². The number of benzene rings is 1. The predicted octanol–water partition coefficient (Wildman–Crippen LogP) is 3.59. The van der Waals surface area contributed by atoms with Crippen LogP contribution in [0.3, 0.4) is 0 Å². The Morgan fingerprint density at radius 2 is 2.06 bits per heavy atom. The first-order valence-electron chi connectivity index (χ1n) is 6.07. The molecule has 4 heteroatoms. The monoisotopic (exact) mass is 266 g/mol. The standard InChI is InChI=1S/C14H19FN2S/c1-4-17-14(3,10-16)9-11(2)18-13-7-5-12(15)6-8-13/h5-8,11,17H,4,9H2,1-3H3. The molecule has 0 aliphatic carbocycles. The third-order valence-corrected chi connectivity index (χ3v) is 3.77. The SMILES string of the molecule is CCNC(C)(C#N)CC(C)Sc1ccc(F)cc1. The summed E-state index contributed by atoms with van der Waals surface area (Å²) in [5.41, 5.74) is -0.499. The van der Waals surface area contributed by atoms with Gasteiger partial charge in [-0.2, -0.15) is 5.26 Å². The number of nitrogens with one attached hydrogen (secondary N) is 1. The van der Waals surface area contributed by atoms with Crippen LogP contribution in [0.25, 0.3) is 0 Å². The second-order valence-corrected chi connectivity index (χ2v) is 6.07. The molecule has 1 rings (SSSR count). The van der Waals surface area contributed by atoms with Gasteiger partial charge in [0.25, 0.3) is 0 Å². The van der Waals surface area contributed by atoms with E-state index in [4.69, 9.17) is 0 Å². The van der Waals surface area contributed by atoms with E-state index in [-0.39, 0.29) is 5.82 Å². The van der Waals surface area contributed by atoms with Gasteiger partial charge < -0.3 is 0 Å². The van der Waals surface area contributed by atoms with Crippen LogP contribution in [0.2, 0.25) is 0 Å². The average molecular weight is 266 g/mol. The summed E-state index contributed by atoms with van der Waals surface area (Å²) in [5.74, 6) is -0.221. The minimum absolute atomic E-state index is 0.221. The van der Waals surface area contributed by atoms with E-state index in [9.17, 15) is 9.65 Å². The zero-order valence-electron chi connectivity index (χ0n) is 11.0. The van der Waals surface area contributed by atoms with E-state index in [0.29, 0.717) is 5.25 Å². The highest BCUT2D eigenvalue weighted by molar-refractivity contribution is 7.99. The maximum absolute atomic E-state index is 12.8. The Hall–Kier alpha value is -1.05. The van der Waals surface area contributed by atoms with Gasteiger partial charge in [-0.1, -0.05) is 13.8 Å². The van der Waals surface area contributed by atoms with Crippen molar-refractivity contribution in [2.45, 2.75) is 42.9 Å². The lowest BCUT2D eigenvalue weighted by molar-refractivity contribution is 0.429. The van der Waals surface area contributed by atoms with Gasteiger partial charge in [-0.25, -0.2) is 4.39 Å².